The number of halogens is 2. The number of para-hydroxylation sites is 1. The molecule has 1 saturated heterocycles. The van der Waals surface area contributed by atoms with Crippen LogP contribution in [-0.2, 0) is 16.0 Å². The zero-order valence-corrected chi connectivity index (χ0v) is 16.2. The Hall–Kier alpha value is -2.04. The molecular formula is C20H20Cl2N2O2. The topological polar surface area (TPSA) is 49.4 Å². The molecule has 1 aliphatic rings. The molecule has 0 bridgehead atoms. The second kappa shape index (κ2) is 7.68. The summed E-state index contributed by atoms with van der Waals surface area (Å²) in [6.45, 7) is 4.30. The summed E-state index contributed by atoms with van der Waals surface area (Å²) in [6.07, 6.45) is 0.979. The number of rotatable bonds is 4. The minimum Gasteiger partial charge on any atom is -0.325 e. The van der Waals surface area contributed by atoms with Crippen LogP contribution in [0, 0.1) is 12.8 Å². The molecule has 1 aliphatic heterocycles. The van der Waals surface area contributed by atoms with E-state index in [1.54, 1.807) is 18.2 Å². The Morgan fingerprint density at radius 2 is 2.04 bits per heavy atom. The standard InChI is InChI=1S/C20H20Cl2N2O2/c1-3-13-6-4-5-12(2)19(13)23-20(26)14-9-18(25)24(11-14)17-10-15(21)7-8-16(17)22/h4-8,10,14H,3,9,11H2,1-2H3,(H,23,26). The van der Waals surface area contributed by atoms with E-state index < -0.39 is 5.92 Å². The van der Waals surface area contributed by atoms with Crippen LogP contribution in [0.2, 0.25) is 10.0 Å². The summed E-state index contributed by atoms with van der Waals surface area (Å²) in [5.41, 5.74) is 3.48. The quantitative estimate of drug-likeness (QED) is 0.810. The van der Waals surface area contributed by atoms with Crippen LogP contribution >= 0.6 is 23.2 Å². The van der Waals surface area contributed by atoms with Gasteiger partial charge in [-0.15, -0.1) is 0 Å². The van der Waals surface area contributed by atoms with Gasteiger partial charge in [-0.2, -0.15) is 0 Å². The minimum absolute atomic E-state index is 0.130. The van der Waals surface area contributed by atoms with Gasteiger partial charge >= 0.3 is 0 Å². The first-order valence-electron chi connectivity index (χ1n) is 8.55. The van der Waals surface area contributed by atoms with E-state index in [-0.39, 0.29) is 24.8 Å². The van der Waals surface area contributed by atoms with Crippen molar-refractivity contribution in [2.45, 2.75) is 26.7 Å². The highest BCUT2D eigenvalue weighted by molar-refractivity contribution is 6.36. The summed E-state index contributed by atoms with van der Waals surface area (Å²) in [7, 11) is 0. The predicted molar refractivity (Wildman–Crippen MR) is 106 cm³/mol. The normalized spacial score (nSPS) is 16.8. The lowest BCUT2D eigenvalue weighted by Crippen LogP contribution is -2.28. The third-order valence-corrected chi connectivity index (χ3v) is 5.24. The molecule has 1 heterocycles. The number of hydrogen-bond acceptors (Lipinski definition) is 2. The molecule has 0 aromatic heterocycles. The van der Waals surface area contributed by atoms with Gasteiger partial charge in [-0.3, -0.25) is 9.59 Å². The van der Waals surface area contributed by atoms with E-state index in [0.29, 0.717) is 15.7 Å². The smallest absolute Gasteiger partial charge is 0.229 e. The van der Waals surface area contributed by atoms with Gasteiger partial charge in [0.2, 0.25) is 11.8 Å². The largest absolute Gasteiger partial charge is 0.325 e. The first-order chi connectivity index (χ1) is 12.4. The number of carbonyl (C=O) groups is 2. The number of hydrogen-bond donors (Lipinski definition) is 1. The molecule has 0 radical (unpaired) electrons. The first-order valence-corrected chi connectivity index (χ1v) is 9.31. The summed E-state index contributed by atoms with van der Waals surface area (Å²) >= 11 is 12.2. The molecule has 0 saturated carbocycles. The zero-order chi connectivity index (χ0) is 18.8. The molecule has 26 heavy (non-hydrogen) atoms. The van der Waals surface area contributed by atoms with Gasteiger partial charge in [0.05, 0.1) is 16.6 Å². The van der Waals surface area contributed by atoms with Crippen LogP contribution < -0.4 is 10.2 Å². The van der Waals surface area contributed by atoms with Crippen LogP contribution in [0.15, 0.2) is 36.4 Å². The van der Waals surface area contributed by atoms with Crippen molar-refractivity contribution in [2.75, 3.05) is 16.8 Å². The van der Waals surface area contributed by atoms with Crippen LogP contribution in [0.25, 0.3) is 0 Å². The SMILES string of the molecule is CCc1cccc(C)c1NC(=O)C1CC(=O)N(c2cc(Cl)ccc2Cl)C1. The summed E-state index contributed by atoms with van der Waals surface area (Å²) in [5, 5.41) is 3.95. The molecule has 0 spiro atoms. The van der Waals surface area contributed by atoms with Gasteiger partial charge in [-0.25, -0.2) is 0 Å². The van der Waals surface area contributed by atoms with Crippen molar-refractivity contribution in [3.8, 4) is 0 Å². The number of amides is 2. The number of benzene rings is 2. The van der Waals surface area contributed by atoms with Crippen LogP contribution in [0.4, 0.5) is 11.4 Å². The number of nitrogens with one attached hydrogen (secondary N) is 1. The van der Waals surface area contributed by atoms with Crippen LogP contribution in [0.5, 0.6) is 0 Å². The number of nitrogens with zero attached hydrogens (tertiary/aromatic N) is 1. The highest BCUT2D eigenvalue weighted by Gasteiger charge is 2.36. The summed E-state index contributed by atoms with van der Waals surface area (Å²) in [6, 6.07) is 10.9. The monoisotopic (exact) mass is 390 g/mol. The Morgan fingerprint density at radius 3 is 2.77 bits per heavy atom. The molecule has 2 aromatic carbocycles. The molecule has 1 unspecified atom stereocenters. The van der Waals surface area contributed by atoms with E-state index in [1.807, 2.05) is 32.0 Å². The maximum absolute atomic E-state index is 12.8. The number of aryl methyl sites for hydroxylation is 2. The predicted octanol–water partition coefficient (Wildman–Crippen LogP) is 4.86. The zero-order valence-electron chi connectivity index (χ0n) is 14.7. The maximum atomic E-state index is 12.8. The van der Waals surface area contributed by atoms with Gasteiger partial charge < -0.3 is 10.2 Å². The van der Waals surface area contributed by atoms with Gasteiger partial charge in [0.15, 0.2) is 0 Å². The summed E-state index contributed by atoms with van der Waals surface area (Å²) < 4.78 is 0. The van der Waals surface area contributed by atoms with Crippen molar-refractivity contribution < 1.29 is 9.59 Å². The lowest BCUT2D eigenvalue weighted by atomic mass is 10.0. The van der Waals surface area contributed by atoms with Crippen molar-refractivity contribution >= 4 is 46.4 Å². The molecule has 2 aromatic rings. The molecule has 1 fully saturated rings. The Bertz CT molecular complexity index is 867. The van der Waals surface area contributed by atoms with E-state index in [1.165, 1.54) is 4.90 Å². The highest BCUT2D eigenvalue weighted by atomic mass is 35.5. The van der Waals surface area contributed by atoms with Gasteiger partial charge in [0.25, 0.3) is 0 Å². The third-order valence-electron chi connectivity index (χ3n) is 4.68. The fraction of sp³-hybridized carbons (Fsp3) is 0.300. The molecule has 0 aliphatic carbocycles. The van der Waals surface area contributed by atoms with E-state index in [0.717, 1.165) is 23.2 Å². The number of anilines is 2. The fourth-order valence-corrected chi connectivity index (χ4v) is 3.62. The van der Waals surface area contributed by atoms with Gasteiger partial charge in [-0.05, 0) is 42.7 Å². The Balaban J connectivity index is 1.79. The molecule has 136 valence electrons. The molecular weight excluding hydrogens is 371 g/mol. The second-order valence-corrected chi connectivity index (χ2v) is 7.30. The lowest BCUT2D eigenvalue weighted by Gasteiger charge is -2.19. The van der Waals surface area contributed by atoms with Crippen molar-refractivity contribution in [3.63, 3.8) is 0 Å². The fourth-order valence-electron chi connectivity index (χ4n) is 3.24. The minimum atomic E-state index is -0.429. The van der Waals surface area contributed by atoms with Crippen LogP contribution in [0.3, 0.4) is 0 Å². The van der Waals surface area contributed by atoms with Gasteiger partial charge in [0, 0.05) is 23.7 Å². The van der Waals surface area contributed by atoms with Crippen molar-refractivity contribution in [2.24, 2.45) is 5.92 Å². The lowest BCUT2D eigenvalue weighted by molar-refractivity contribution is -0.122. The van der Waals surface area contributed by atoms with Crippen LogP contribution in [0.1, 0.15) is 24.5 Å². The van der Waals surface area contributed by atoms with E-state index in [4.69, 9.17) is 23.2 Å². The highest BCUT2D eigenvalue weighted by Crippen LogP contribution is 2.34. The van der Waals surface area contributed by atoms with Gasteiger partial charge in [0.1, 0.15) is 0 Å². The summed E-state index contributed by atoms with van der Waals surface area (Å²) in [5.74, 6) is -0.709. The third kappa shape index (κ3) is 3.71. The van der Waals surface area contributed by atoms with Crippen molar-refractivity contribution in [1.29, 1.82) is 0 Å². The number of carbonyl (C=O) groups excluding carboxylic acids is 2. The van der Waals surface area contributed by atoms with Crippen molar-refractivity contribution in [1.82, 2.24) is 0 Å². The van der Waals surface area contributed by atoms with E-state index in [9.17, 15) is 9.59 Å². The average Bonchev–Trinajstić information content (AvgIpc) is 3.00. The first kappa shape index (κ1) is 18.7. The second-order valence-electron chi connectivity index (χ2n) is 6.45. The summed E-state index contributed by atoms with van der Waals surface area (Å²) in [4.78, 5) is 26.7. The van der Waals surface area contributed by atoms with Gasteiger partial charge in [-0.1, -0.05) is 48.3 Å². The maximum Gasteiger partial charge on any atom is 0.229 e. The Kier molecular flexibility index (Phi) is 5.54. The van der Waals surface area contributed by atoms with E-state index >= 15 is 0 Å². The van der Waals surface area contributed by atoms with Crippen LogP contribution in [-0.4, -0.2) is 18.4 Å². The molecule has 1 N–H and O–H groups in total. The molecule has 1 atom stereocenters. The molecule has 6 heteroatoms. The molecule has 2 amide bonds. The Labute approximate surface area is 163 Å². The Morgan fingerprint density at radius 1 is 1.27 bits per heavy atom. The molecule has 3 rings (SSSR count). The van der Waals surface area contributed by atoms with E-state index in [2.05, 4.69) is 5.32 Å². The van der Waals surface area contributed by atoms with Crippen molar-refractivity contribution in [3.05, 3.63) is 57.6 Å². The molecule has 4 nitrogen and oxygen atoms in total. The average molecular weight is 391 g/mol.